The van der Waals surface area contributed by atoms with E-state index in [1.165, 1.54) is 49.7 Å². The third-order valence-corrected chi connectivity index (χ3v) is 2.98. The number of unbranched alkanes of at least 4 members (excludes halogenated alkanes) is 3. The molecule has 0 atom stereocenters. The molecule has 0 radical (unpaired) electrons. The number of benzene rings is 1. The highest BCUT2D eigenvalue weighted by Crippen LogP contribution is 2.12. The Morgan fingerprint density at radius 3 is 2.56 bits per heavy atom. The maximum atomic E-state index is 2.31. The first-order valence-corrected chi connectivity index (χ1v) is 6.54. The summed E-state index contributed by atoms with van der Waals surface area (Å²) in [6.07, 6.45) is 12.2. The van der Waals surface area contributed by atoms with E-state index in [9.17, 15) is 0 Å². The normalized spacial score (nSPS) is 11.1. The van der Waals surface area contributed by atoms with Gasteiger partial charge in [-0.25, -0.2) is 0 Å². The Morgan fingerprint density at radius 2 is 1.81 bits per heavy atom. The topological polar surface area (TPSA) is 0 Å². The van der Waals surface area contributed by atoms with Gasteiger partial charge < -0.3 is 0 Å². The lowest BCUT2D eigenvalue weighted by molar-refractivity contribution is 0.685. The van der Waals surface area contributed by atoms with Crippen molar-refractivity contribution < 1.29 is 0 Å². The van der Waals surface area contributed by atoms with Crippen molar-refractivity contribution in [2.24, 2.45) is 0 Å². The average Bonchev–Trinajstić information content (AvgIpc) is 2.30. The fourth-order valence-corrected chi connectivity index (χ4v) is 1.93. The van der Waals surface area contributed by atoms with E-state index in [1.807, 2.05) is 0 Å². The molecule has 0 fully saturated rings. The van der Waals surface area contributed by atoms with Crippen LogP contribution in [0.5, 0.6) is 0 Å². The lowest BCUT2D eigenvalue weighted by atomic mass is 10.0. The maximum Gasteiger partial charge on any atom is -0.0276 e. The summed E-state index contributed by atoms with van der Waals surface area (Å²) in [6, 6.07) is 8.73. The van der Waals surface area contributed by atoms with Crippen LogP contribution in [0.2, 0.25) is 0 Å². The summed E-state index contributed by atoms with van der Waals surface area (Å²) in [4.78, 5) is 0. The predicted octanol–water partition coefficient (Wildman–Crippen LogP) is 5.06. The van der Waals surface area contributed by atoms with Crippen LogP contribution in [0, 0.1) is 6.92 Å². The van der Waals surface area contributed by atoms with Crippen molar-refractivity contribution in [2.45, 2.75) is 52.4 Å². The second-order valence-corrected chi connectivity index (χ2v) is 4.41. The first-order chi connectivity index (χ1) is 7.84. The maximum absolute atomic E-state index is 2.31. The van der Waals surface area contributed by atoms with Crippen LogP contribution in [-0.2, 0) is 6.42 Å². The number of hydrogen-bond acceptors (Lipinski definition) is 0. The summed E-state index contributed by atoms with van der Waals surface area (Å²) in [6.45, 7) is 4.40. The van der Waals surface area contributed by atoms with Crippen molar-refractivity contribution in [1.29, 1.82) is 0 Å². The van der Waals surface area contributed by atoms with Crippen molar-refractivity contribution in [3.05, 3.63) is 47.5 Å². The molecule has 0 aliphatic carbocycles. The van der Waals surface area contributed by atoms with Gasteiger partial charge in [0.2, 0.25) is 0 Å². The molecule has 0 saturated heterocycles. The van der Waals surface area contributed by atoms with Gasteiger partial charge in [0.15, 0.2) is 0 Å². The first kappa shape index (κ1) is 13.0. The zero-order valence-corrected chi connectivity index (χ0v) is 10.7. The summed E-state index contributed by atoms with van der Waals surface area (Å²) in [5.41, 5.74) is 2.96. The second-order valence-electron chi connectivity index (χ2n) is 4.41. The molecular weight excluding hydrogens is 192 g/mol. The van der Waals surface area contributed by atoms with Crippen LogP contribution in [-0.4, -0.2) is 0 Å². The summed E-state index contributed by atoms with van der Waals surface area (Å²) < 4.78 is 0. The predicted molar refractivity (Wildman–Crippen MR) is 72.8 cm³/mol. The Morgan fingerprint density at radius 1 is 1.00 bits per heavy atom. The second kappa shape index (κ2) is 8.15. The number of allylic oxidation sites excluding steroid dienone is 2. The SMILES string of the molecule is CCC=CCCCCCc1ccccc1C. The molecule has 1 aromatic carbocycles. The Labute approximate surface area is 100 Å². The minimum atomic E-state index is 1.17. The van der Waals surface area contributed by atoms with E-state index >= 15 is 0 Å². The Bertz CT molecular complexity index is 310. The van der Waals surface area contributed by atoms with E-state index in [2.05, 4.69) is 50.3 Å². The van der Waals surface area contributed by atoms with E-state index in [-0.39, 0.29) is 0 Å². The molecule has 1 rings (SSSR count). The van der Waals surface area contributed by atoms with Crippen LogP contribution < -0.4 is 0 Å². The van der Waals surface area contributed by atoms with Crippen molar-refractivity contribution in [3.63, 3.8) is 0 Å². The molecule has 0 unspecified atom stereocenters. The number of aryl methyl sites for hydroxylation is 2. The van der Waals surface area contributed by atoms with Gasteiger partial charge in [0.25, 0.3) is 0 Å². The average molecular weight is 216 g/mol. The van der Waals surface area contributed by atoms with Crippen LogP contribution in [0.3, 0.4) is 0 Å². The largest absolute Gasteiger partial charge is 0.0888 e. The van der Waals surface area contributed by atoms with Crippen LogP contribution >= 0.6 is 0 Å². The fraction of sp³-hybridized carbons (Fsp3) is 0.500. The van der Waals surface area contributed by atoms with Gasteiger partial charge in [0.1, 0.15) is 0 Å². The molecule has 1 aromatic rings. The van der Waals surface area contributed by atoms with Crippen molar-refractivity contribution in [2.75, 3.05) is 0 Å². The Kier molecular flexibility index (Phi) is 6.64. The van der Waals surface area contributed by atoms with Gasteiger partial charge in [0, 0.05) is 0 Å². The third-order valence-electron chi connectivity index (χ3n) is 2.98. The van der Waals surface area contributed by atoms with E-state index in [0.29, 0.717) is 0 Å². The minimum absolute atomic E-state index is 1.17. The van der Waals surface area contributed by atoms with E-state index in [1.54, 1.807) is 0 Å². The first-order valence-electron chi connectivity index (χ1n) is 6.54. The van der Waals surface area contributed by atoms with Crippen LogP contribution in [0.15, 0.2) is 36.4 Å². The van der Waals surface area contributed by atoms with Gasteiger partial charge in [-0.05, 0) is 50.2 Å². The molecule has 0 spiro atoms. The standard InChI is InChI=1S/C16H24/c1-3-4-5-6-7-8-9-13-16-14-11-10-12-15(16)2/h4-5,10-12,14H,3,6-9,13H2,1-2H3. The highest BCUT2D eigenvalue weighted by Gasteiger charge is 1.96. The Balaban J connectivity index is 2.12. The summed E-state index contributed by atoms with van der Waals surface area (Å²) in [5, 5.41) is 0. The summed E-state index contributed by atoms with van der Waals surface area (Å²) >= 11 is 0. The Hall–Kier alpha value is -1.04. The highest BCUT2D eigenvalue weighted by atomic mass is 14.0. The fourth-order valence-electron chi connectivity index (χ4n) is 1.93. The molecule has 0 aliphatic rings. The number of rotatable bonds is 7. The molecule has 16 heavy (non-hydrogen) atoms. The van der Waals surface area contributed by atoms with Gasteiger partial charge in [-0.3, -0.25) is 0 Å². The smallest absolute Gasteiger partial charge is 0.0276 e. The zero-order chi connectivity index (χ0) is 11.6. The molecule has 0 bridgehead atoms. The number of hydrogen-bond donors (Lipinski definition) is 0. The quantitative estimate of drug-likeness (QED) is 0.441. The van der Waals surface area contributed by atoms with Gasteiger partial charge in [-0.2, -0.15) is 0 Å². The molecule has 0 saturated carbocycles. The minimum Gasteiger partial charge on any atom is -0.0888 e. The lowest BCUT2D eigenvalue weighted by Crippen LogP contribution is -1.89. The van der Waals surface area contributed by atoms with Gasteiger partial charge in [0.05, 0.1) is 0 Å². The van der Waals surface area contributed by atoms with Crippen molar-refractivity contribution >= 4 is 0 Å². The third kappa shape index (κ3) is 5.16. The molecule has 0 heterocycles. The van der Waals surface area contributed by atoms with E-state index in [0.717, 1.165) is 0 Å². The molecule has 0 heteroatoms. The molecule has 0 aliphatic heterocycles. The molecule has 0 amide bonds. The lowest BCUT2D eigenvalue weighted by Gasteiger charge is -2.04. The van der Waals surface area contributed by atoms with E-state index in [4.69, 9.17) is 0 Å². The summed E-state index contributed by atoms with van der Waals surface area (Å²) in [7, 11) is 0. The van der Waals surface area contributed by atoms with Crippen LogP contribution in [0.25, 0.3) is 0 Å². The zero-order valence-electron chi connectivity index (χ0n) is 10.7. The highest BCUT2D eigenvalue weighted by molar-refractivity contribution is 5.25. The molecule has 0 N–H and O–H groups in total. The van der Waals surface area contributed by atoms with Crippen molar-refractivity contribution in [1.82, 2.24) is 0 Å². The van der Waals surface area contributed by atoms with Gasteiger partial charge in [-0.15, -0.1) is 0 Å². The monoisotopic (exact) mass is 216 g/mol. The van der Waals surface area contributed by atoms with Crippen molar-refractivity contribution in [3.8, 4) is 0 Å². The molecule has 0 aromatic heterocycles. The molecule has 88 valence electrons. The molecular formula is C16H24. The van der Waals surface area contributed by atoms with Crippen LogP contribution in [0.1, 0.15) is 50.2 Å². The van der Waals surface area contributed by atoms with Gasteiger partial charge in [-0.1, -0.05) is 49.8 Å². The van der Waals surface area contributed by atoms with Crippen LogP contribution in [0.4, 0.5) is 0 Å². The van der Waals surface area contributed by atoms with Gasteiger partial charge >= 0.3 is 0 Å². The molecule has 0 nitrogen and oxygen atoms in total. The van der Waals surface area contributed by atoms with E-state index < -0.39 is 0 Å². The summed E-state index contributed by atoms with van der Waals surface area (Å²) in [5.74, 6) is 0.